The second-order valence-corrected chi connectivity index (χ2v) is 6.50. The maximum Gasteiger partial charge on any atom is 0.122 e. The Hall–Kier alpha value is -1.30. The van der Waals surface area contributed by atoms with Gasteiger partial charge in [-0.1, -0.05) is 0 Å². The highest BCUT2D eigenvalue weighted by atomic mass is 16.5. The number of fused-ring (bicyclic) bond motifs is 1. The lowest BCUT2D eigenvalue weighted by Crippen LogP contribution is -2.56. The number of rotatable bonds is 2. The summed E-state index contributed by atoms with van der Waals surface area (Å²) in [6.07, 6.45) is 1.13. The molecule has 0 aliphatic carbocycles. The van der Waals surface area contributed by atoms with Gasteiger partial charge in [0.1, 0.15) is 5.75 Å². The van der Waals surface area contributed by atoms with Crippen LogP contribution in [0.5, 0.6) is 5.75 Å². The molecule has 0 amide bonds. The number of benzene rings is 1. The summed E-state index contributed by atoms with van der Waals surface area (Å²) in [7, 11) is 0. The van der Waals surface area contributed by atoms with E-state index in [0.29, 0.717) is 25.5 Å². The summed E-state index contributed by atoms with van der Waals surface area (Å²) in [5, 5.41) is 9.95. The van der Waals surface area contributed by atoms with Crippen LogP contribution in [0.4, 0.5) is 5.69 Å². The third-order valence-electron chi connectivity index (χ3n) is 5.02. The maximum absolute atomic E-state index is 9.95. The summed E-state index contributed by atoms with van der Waals surface area (Å²) in [6, 6.07) is 7.05. The van der Waals surface area contributed by atoms with Gasteiger partial charge in [0.15, 0.2) is 0 Å². The Morgan fingerprint density at radius 2 is 1.91 bits per heavy atom. The Kier molecular flexibility index (Phi) is 3.94. The third kappa shape index (κ3) is 2.81. The average Bonchev–Trinajstić information content (AvgIpc) is 2.66. The highest BCUT2D eigenvalue weighted by Crippen LogP contribution is 2.29. The van der Waals surface area contributed by atoms with Gasteiger partial charge >= 0.3 is 0 Å². The van der Waals surface area contributed by atoms with Gasteiger partial charge in [0.2, 0.25) is 0 Å². The number of aliphatic hydroxyl groups excluding tert-OH is 1. The molecule has 2 fully saturated rings. The van der Waals surface area contributed by atoms with Crippen LogP contribution in [0.2, 0.25) is 0 Å². The lowest BCUT2D eigenvalue weighted by atomic mass is 10.0. The Balaban J connectivity index is 1.44. The van der Waals surface area contributed by atoms with Crippen molar-refractivity contribution in [2.75, 3.05) is 50.9 Å². The van der Waals surface area contributed by atoms with E-state index in [2.05, 4.69) is 28.0 Å². The van der Waals surface area contributed by atoms with Crippen LogP contribution in [0, 0.1) is 0 Å². The topological polar surface area (TPSA) is 45.2 Å². The fourth-order valence-electron chi connectivity index (χ4n) is 3.50. The molecule has 1 N–H and O–H groups in total. The number of nitrogens with zero attached hydrogens (tertiary/aromatic N) is 2. The largest absolute Gasteiger partial charge is 0.493 e. The first-order valence-corrected chi connectivity index (χ1v) is 8.30. The van der Waals surface area contributed by atoms with Crippen molar-refractivity contribution in [2.45, 2.75) is 25.0 Å². The van der Waals surface area contributed by atoms with E-state index in [0.717, 1.165) is 50.7 Å². The number of anilines is 1. The smallest absolute Gasteiger partial charge is 0.122 e. The molecule has 2 saturated heterocycles. The van der Waals surface area contributed by atoms with Crippen molar-refractivity contribution in [3.05, 3.63) is 23.8 Å². The molecule has 1 unspecified atom stereocenters. The fourth-order valence-corrected chi connectivity index (χ4v) is 3.50. The molecule has 3 aliphatic rings. The highest BCUT2D eigenvalue weighted by Gasteiger charge is 2.29. The first-order chi connectivity index (χ1) is 10.8. The van der Waals surface area contributed by atoms with Crippen molar-refractivity contribution in [2.24, 2.45) is 0 Å². The van der Waals surface area contributed by atoms with Crippen molar-refractivity contribution in [1.82, 2.24) is 4.90 Å². The third-order valence-corrected chi connectivity index (χ3v) is 5.02. The average molecular weight is 304 g/mol. The number of piperazine rings is 1. The van der Waals surface area contributed by atoms with Gasteiger partial charge in [-0.25, -0.2) is 0 Å². The zero-order chi connectivity index (χ0) is 14.9. The molecule has 0 spiro atoms. The molecular formula is C17H24N2O3. The van der Waals surface area contributed by atoms with Gasteiger partial charge < -0.3 is 19.5 Å². The van der Waals surface area contributed by atoms with Gasteiger partial charge in [0, 0.05) is 44.7 Å². The summed E-state index contributed by atoms with van der Waals surface area (Å²) in [5.74, 6) is 0.936. The Bertz CT molecular complexity index is 525. The Labute approximate surface area is 131 Å². The molecule has 0 radical (unpaired) electrons. The van der Waals surface area contributed by atoms with Gasteiger partial charge in [-0.2, -0.15) is 0 Å². The molecule has 3 heterocycles. The van der Waals surface area contributed by atoms with E-state index in [4.69, 9.17) is 9.47 Å². The molecule has 3 aliphatic heterocycles. The van der Waals surface area contributed by atoms with Crippen molar-refractivity contribution < 1.29 is 14.6 Å². The van der Waals surface area contributed by atoms with Crippen LogP contribution in [0.15, 0.2) is 18.2 Å². The Morgan fingerprint density at radius 3 is 2.64 bits per heavy atom. The van der Waals surface area contributed by atoms with Gasteiger partial charge in [-0.05, 0) is 23.8 Å². The maximum atomic E-state index is 9.95. The number of ether oxygens (including phenoxy) is 2. The highest BCUT2D eigenvalue weighted by molar-refractivity contribution is 5.54. The standard InChI is InChI=1S/C17H24N2O3/c20-16-3-8-22-17-2-1-14(9-13(17)10-16)18-4-6-19(7-5-18)15-11-21-12-15/h1-2,9,15-16,20H,3-8,10-12H2. The first-order valence-electron chi connectivity index (χ1n) is 8.30. The normalized spacial score (nSPS) is 26.8. The van der Waals surface area contributed by atoms with E-state index in [1.54, 1.807) is 0 Å². The Morgan fingerprint density at radius 1 is 1.09 bits per heavy atom. The second kappa shape index (κ2) is 6.07. The van der Waals surface area contributed by atoms with Gasteiger partial charge in [0.25, 0.3) is 0 Å². The van der Waals surface area contributed by atoms with Crippen LogP contribution < -0.4 is 9.64 Å². The van der Waals surface area contributed by atoms with Crippen molar-refractivity contribution >= 4 is 5.69 Å². The molecule has 1 aromatic carbocycles. The number of hydrogen-bond acceptors (Lipinski definition) is 5. The predicted octanol–water partition coefficient (Wildman–Crippen LogP) is 0.893. The van der Waals surface area contributed by atoms with Crippen LogP contribution in [-0.2, 0) is 11.2 Å². The van der Waals surface area contributed by atoms with Gasteiger partial charge in [0.05, 0.1) is 32.0 Å². The first kappa shape index (κ1) is 14.3. The summed E-state index contributed by atoms with van der Waals surface area (Å²) in [6.45, 7) is 6.71. The number of aliphatic hydroxyl groups is 1. The zero-order valence-electron chi connectivity index (χ0n) is 12.9. The van der Waals surface area contributed by atoms with Crippen molar-refractivity contribution in [1.29, 1.82) is 0 Å². The van der Waals surface area contributed by atoms with Crippen LogP contribution in [0.1, 0.15) is 12.0 Å². The van der Waals surface area contributed by atoms with Crippen molar-refractivity contribution in [3.63, 3.8) is 0 Å². The minimum Gasteiger partial charge on any atom is -0.493 e. The molecule has 1 atom stereocenters. The molecule has 0 saturated carbocycles. The summed E-state index contributed by atoms with van der Waals surface area (Å²) >= 11 is 0. The molecule has 0 bridgehead atoms. The molecular weight excluding hydrogens is 280 g/mol. The van der Waals surface area contributed by atoms with Crippen LogP contribution in [0.25, 0.3) is 0 Å². The van der Waals surface area contributed by atoms with Gasteiger partial charge in [-0.15, -0.1) is 0 Å². The predicted molar refractivity (Wildman–Crippen MR) is 84.7 cm³/mol. The molecule has 5 nitrogen and oxygen atoms in total. The SMILES string of the molecule is OC1CCOc2ccc(N3CCN(C4COC4)CC3)cc2C1. The van der Waals surface area contributed by atoms with Crippen LogP contribution in [-0.4, -0.2) is 68.2 Å². The van der Waals surface area contributed by atoms with E-state index in [9.17, 15) is 5.11 Å². The lowest BCUT2D eigenvalue weighted by molar-refractivity contribution is -0.0660. The molecule has 22 heavy (non-hydrogen) atoms. The quantitative estimate of drug-likeness (QED) is 0.879. The molecule has 1 aromatic rings. The number of hydrogen-bond donors (Lipinski definition) is 1. The van der Waals surface area contributed by atoms with E-state index >= 15 is 0 Å². The molecule has 0 aromatic heterocycles. The van der Waals surface area contributed by atoms with E-state index in [1.165, 1.54) is 5.69 Å². The van der Waals surface area contributed by atoms with Gasteiger partial charge in [-0.3, -0.25) is 4.90 Å². The monoisotopic (exact) mass is 304 g/mol. The lowest BCUT2D eigenvalue weighted by Gasteiger charge is -2.43. The minimum atomic E-state index is -0.285. The summed E-state index contributed by atoms with van der Waals surface area (Å²) in [5.41, 5.74) is 2.39. The van der Waals surface area contributed by atoms with Crippen LogP contribution >= 0.6 is 0 Å². The van der Waals surface area contributed by atoms with E-state index in [-0.39, 0.29) is 6.10 Å². The van der Waals surface area contributed by atoms with E-state index in [1.807, 2.05) is 0 Å². The van der Waals surface area contributed by atoms with E-state index < -0.39 is 0 Å². The molecule has 5 heteroatoms. The molecule has 4 rings (SSSR count). The fraction of sp³-hybridized carbons (Fsp3) is 0.647. The second-order valence-electron chi connectivity index (χ2n) is 6.50. The summed E-state index contributed by atoms with van der Waals surface area (Å²) in [4.78, 5) is 4.98. The summed E-state index contributed by atoms with van der Waals surface area (Å²) < 4.78 is 11.0. The zero-order valence-corrected chi connectivity index (χ0v) is 12.9. The minimum absolute atomic E-state index is 0.285. The molecule has 120 valence electrons. The van der Waals surface area contributed by atoms with Crippen LogP contribution in [0.3, 0.4) is 0 Å². The van der Waals surface area contributed by atoms with Crippen molar-refractivity contribution in [3.8, 4) is 5.75 Å².